The van der Waals surface area contributed by atoms with Crippen LogP contribution in [0.15, 0.2) is 84.9 Å². The van der Waals surface area contributed by atoms with Gasteiger partial charge in [0, 0.05) is 37.0 Å². The zero-order valence-electron chi connectivity index (χ0n) is 19.1. The molecule has 0 saturated carbocycles. The molecule has 0 aromatic heterocycles. The Kier molecular flexibility index (Phi) is 6.92. The summed E-state index contributed by atoms with van der Waals surface area (Å²) < 4.78 is 11.8. The quantitative estimate of drug-likeness (QED) is 0.393. The molecule has 2 atom stereocenters. The summed E-state index contributed by atoms with van der Waals surface area (Å²) in [6.45, 7) is 3.49. The van der Waals surface area contributed by atoms with E-state index in [9.17, 15) is 10.2 Å². The molecule has 0 bridgehead atoms. The van der Waals surface area contributed by atoms with Gasteiger partial charge in [-0.3, -0.25) is 9.80 Å². The lowest BCUT2D eigenvalue weighted by atomic mass is 10.1. The third kappa shape index (κ3) is 5.16. The SMILES string of the molecule is O[C@@H](CN1CCN([C@@H](O)COc2cccc3ccccc23)CC1)Oc1cccc2ccccc12. The molecular formula is C28H30N2O4. The van der Waals surface area contributed by atoms with Crippen molar-refractivity contribution in [2.75, 3.05) is 39.3 Å². The van der Waals surface area contributed by atoms with E-state index in [1.807, 2.05) is 77.7 Å². The summed E-state index contributed by atoms with van der Waals surface area (Å²) >= 11 is 0. The van der Waals surface area contributed by atoms with Gasteiger partial charge in [0.2, 0.25) is 6.29 Å². The van der Waals surface area contributed by atoms with E-state index < -0.39 is 12.5 Å². The largest absolute Gasteiger partial charge is 0.489 e. The summed E-state index contributed by atoms with van der Waals surface area (Å²) in [7, 11) is 0. The number of hydrogen-bond donors (Lipinski definition) is 2. The van der Waals surface area contributed by atoms with Gasteiger partial charge in [-0.2, -0.15) is 0 Å². The normalized spacial score (nSPS) is 17.0. The highest BCUT2D eigenvalue weighted by Crippen LogP contribution is 2.27. The predicted octanol–water partition coefficient (Wildman–Crippen LogP) is 3.71. The fourth-order valence-corrected chi connectivity index (χ4v) is 4.54. The second kappa shape index (κ2) is 10.4. The average Bonchev–Trinajstić information content (AvgIpc) is 2.88. The molecule has 0 amide bonds. The van der Waals surface area contributed by atoms with Crippen molar-refractivity contribution in [2.24, 2.45) is 0 Å². The molecule has 1 saturated heterocycles. The summed E-state index contributed by atoms with van der Waals surface area (Å²) in [5.74, 6) is 1.47. The summed E-state index contributed by atoms with van der Waals surface area (Å²) in [5.41, 5.74) is 0. The van der Waals surface area contributed by atoms with Gasteiger partial charge < -0.3 is 19.7 Å². The van der Waals surface area contributed by atoms with Crippen molar-refractivity contribution in [1.29, 1.82) is 0 Å². The van der Waals surface area contributed by atoms with Crippen LogP contribution in [0.25, 0.3) is 21.5 Å². The van der Waals surface area contributed by atoms with Gasteiger partial charge in [-0.15, -0.1) is 0 Å². The van der Waals surface area contributed by atoms with E-state index >= 15 is 0 Å². The van der Waals surface area contributed by atoms with Crippen LogP contribution in [-0.4, -0.2) is 71.9 Å². The molecule has 6 heteroatoms. The topological polar surface area (TPSA) is 65.4 Å². The Bertz CT molecular complexity index is 1230. The van der Waals surface area contributed by atoms with Crippen molar-refractivity contribution >= 4 is 21.5 Å². The van der Waals surface area contributed by atoms with E-state index in [0.717, 1.165) is 40.4 Å². The third-order valence-corrected chi connectivity index (χ3v) is 6.39. The first-order valence-corrected chi connectivity index (χ1v) is 11.7. The molecule has 0 radical (unpaired) electrons. The van der Waals surface area contributed by atoms with Gasteiger partial charge in [-0.05, 0) is 22.9 Å². The summed E-state index contributed by atoms with van der Waals surface area (Å²) in [6, 6.07) is 27.9. The Hall–Kier alpha value is -3.16. The molecular weight excluding hydrogens is 428 g/mol. The monoisotopic (exact) mass is 458 g/mol. The van der Waals surface area contributed by atoms with Crippen LogP contribution in [0.1, 0.15) is 0 Å². The van der Waals surface area contributed by atoms with Crippen molar-refractivity contribution < 1.29 is 19.7 Å². The number of aliphatic hydroxyl groups is 2. The molecule has 1 aliphatic heterocycles. The van der Waals surface area contributed by atoms with E-state index in [1.54, 1.807) is 0 Å². The van der Waals surface area contributed by atoms with Crippen LogP contribution in [0.2, 0.25) is 0 Å². The van der Waals surface area contributed by atoms with E-state index in [-0.39, 0.29) is 6.61 Å². The first-order valence-electron chi connectivity index (χ1n) is 11.7. The molecule has 6 nitrogen and oxygen atoms in total. The van der Waals surface area contributed by atoms with Crippen molar-refractivity contribution in [3.63, 3.8) is 0 Å². The fraction of sp³-hybridized carbons (Fsp3) is 0.286. The number of aliphatic hydroxyl groups excluding tert-OH is 2. The van der Waals surface area contributed by atoms with E-state index in [2.05, 4.69) is 17.0 Å². The van der Waals surface area contributed by atoms with Gasteiger partial charge in [0.15, 0.2) is 0 Å². The molecule has 34 heavy (non-hydrogen) atoms. The number of hydrogen-bond acceptors (Lipinski definition) is 6. The van der Waals surface area contributed by atoms with E-state index in [0.29, 0.717) is 25.4 Å². The zero-order chi connectivity index (χ0) is 23.3. The Labute approximate surface area is 199 Å². The zero-order valence-corrected chi connectivity index (χ0v) is 19.1. The maximum absolute atomic E-state index is 10.7. The fourth-order valence-electron chi connectivity index (χ4n) is 4.54. The van der Waals surface area contributed by atoms with Crippen LogP contribution in [0.5, 0.6) is 11.5 Å². The number of fused-ring (bicyclic) bond motifs is 2. The smallest absolute Gasteiger partial charge is 0.210 e. The highest BCUT2D eigenvalue weighted by molar-refractivity contribution is 5.88. The molecule has 0 spiro atoms. The lowest BCUT2D eigenvalue weighted by molar-refractivity contribution is -0.0740. The molecule has 0 unspecified atom stereocenters. The number of piperazine rings is 1. The minimum atomic E-state index is -0.919. The second-order valence-electron chi connectivity index (χ2n) is 8.66. The standard InChI is InChI=1S/C28H30N2O4/c31-27(20-33-25-13-5-9-21-7-1-3-11-23(21)25)30-17-15-29(16-18-30)19-28(32)34-26-14-6-10-22-8-2-4-12-24(22)26/h1-14,27-28,31-32H,15-20H2/t27-,28+/m0/s1. The van der Waals surface area contributed by atoms with Crippen molar-refractivity contribution in [3.8, 4) is 11.5 Å². The average molecular weight is 459 g/mol. The second-order valence-corrected chi connectivity index (χ2v) is 8.66. The molecule has 2 N–H and O–H groups in total. The van der Waals surface area contributed by atoms with Gasteiger partial charge >= 0.3 is 0 Å². The minimum Gasteiger partial charge on any atom is -0.489 e. The van der Waals surface area contributed by atoms with Crippen LogP contribution in [0.4, 0.5) is 0 Å². The molecule has 1 heterocycles. The molecule has 0 aliphatic carbocycles. The van der Waals surface area contributed by atoms with Crippen LogP contribution in [0, 0.1) is 0 Å². The maximum Gasteiger partial charge on any atom is 0.210 e. The van der Waals surface area contributed by atoms with Crippen LogP contribution in [0.3, 0.4) is 0 Å². The highest BCUT2D eigenvalue weighted by atomic mass is 16.6. The third-order valence-electron chi connectivity index (χ3n) is 6.39. The van der Waals surface area contributed by atoms with E-state index in [4.69, 9.17) is 9.47 Å². The van der Waals surface area contributed by atoms with Crippen molar-refractivity contribution in [1.82, 2.24) is 9.80 Å². The van der Waals surface area contributed by atoms with Gasteiger partial charge in [-0.25, -0.2) is 0 Å². The molecule has 5 rings (SSSR count). The Morgan fingerprint density at radius 2 is 1.24 bits per heavy atom. The highest BCUT2D eigenvalue weighted by Gasteiger charge is 2.24. The first-order chi connectivity index (χ1) is 16.7. The predicted molar refractivity (Wildman–Crippen MR) is 134 cm³/mol. The molecule has 176 valence electrons. The number of β-amino-alcohol motifs (C(OH)–C–C–N with tert-alkyl or cyclic N) is 1. The molecule has 4 aromatic carbocycles. The van der Waals surface area contributed by atoms with Gasteiger partial charge in [0.05, 0.1) is 6.54 Å². The minimum absolute atomic E-state index is 0.209. The molecule has 4 aromatic rings. The van der Waals surface area contributed by atoms with Crippen molar-refractivity contribution in [3.05, 3.63) is 84.9 Å². The Morgan fingerprint density at radius 3 is 1.91 bits per heavy atom. The van der Waals surface area contributed by atoms with Crippen LogP contribution >= 0.6 is 0 Å². The number of nitrogens with zero attached hydrogens (tertiary/aromatic N) is 2. The Balaban J connectivity index is 1.10. The van der Waals surface area contributed by atoms with Gasteiger partial charge in [0.25, 0.3) is 0 Å². The van der Waals surface area contributed by atoms with Crippen LogP contribution in [-0.2, 0) is 0 Å². The number of rotatable bonds is 8. The van der Waals surface area contributed by atoms with Gasteiger partial charge in [0.1, 0.15) is 24.3 Å². The summed E-state index contributed by atoms with van der Waals surface area (Å²) in [5, 5.41) is 25.5. The maximum atomic E-state index is 10.7. The first kappa shape index (κ1) is 22.6. The van der Waals surface area contributed by atoms with E-state index in [1.165, 1.54) is 0 Å². The van der Waals surface area contributed by atoms with Gasteiger partial charge in [-0.1, -0.05) is 72.8 Å². The van der Waals surface area contributed by atoms with Crippen molar-refractivity contribution in [2.45, 2.75) is 12.5 Å². The number of benzene rings is 4. The Morgan fingerprint density at radius 1 is 0.676 bits per heavy atom. The van der Waals surface area contributed by atoms with Crippen LogP contribution < -0.4 is 9.47 Å². The lowest BCUT2D eigenvalue weighted by Crippen LogP contribution is -2.53. The molecule has 1 aliphatic rings. The molecule has 1 fully saturated rings. The number of ether oxygens (including phenoxy) is 2. The summed E-state index contributed by atoms with van der Waals surface area (Å²) in [4.78, 5) is 4.17. The summed E-state index contributed by atoms with van der Waals surface area (Å²) in [6.07, 6.45) is -1.60. The lowest BCUT2D eigenvalue weighted by Gasteiger charge is -2.37.